The lowest BCUT2D eigenvalue weighted by Crippen LogP contribution is -1.99. The maximum atomic E-state index is 10.7. The molecule has 0 aliphatic heterocycles. The average Bonchev–Trinajstić information content (AvgIpc) is 2.78. The Hall–Kier alpha value is -3.04. The Kier molecular flexibility index (Phi) is 7.31. The van der Waals surface area contributed by atoms with Crippen LogP contribution in [0.4, 0.5) is 0 Å². The van der Waals surface area contributed by atoms with Crippen LogP contribution in [0.15, 0.2) is 78.0 Å². The lowest BCUT2D eigenvalue weighted by atomic mass is 9.97. The first-order valence-corrected chi connectivity index (χ1v) is 10.2. The van der Waals surface area contributed by atoms with Gasteiger partial charge in [0, 0.05) is 18.2 Å². The summed E-state index contributed by atoms with van der Waals surface area (Å²) >= 11 is 0. The fourth-order valence-electron chi connectivity index (χ4n) is 3.52. The zero-order chi connectivity index (χ0) is 21.5. The molecule has 2 atom stereocenters. The highest BCUT2D eigenvalue weighted by Crippen LogP contribution is 2.32. The summed E-state index contributed by atoms with van der Waals surface area (Å²) < 4.78 is 5.15. The Bertz CT molecular complexity index is 1050. The Morgan fingerprint density at radius 2 is 1.67 bits per heavy atom. The minimum atomic E-state index is -0.701. The van der Waals surface area contributed by atoms with Crippen LogP contribution in [0.2, 0.25) is 0 Å². The van der Waals surface area contributed by atoms with Crippen molar-refractivity contribution in [3.05, 3.63) is 89.2 Å². The number of aromatic hydroxyl groups is 1. The van der Waals surface area contributed by atoms with Crippen molar-refractivity contribution in [2.24, 2.45) is 0 Å². The van der Waals surface area contributed by atoms with Gasteiger partial charge in [-0.1, -0.05) is 49.4 Å². The first kappa shape index (κ1) is 21.7. The van der Waals surface area contributed by atoms with E-state index in [9.17, 15) is 15.3 Å². The van der Waals surface area contributed by atoms with Crippen molar-refractivity contribution in [2.45, 2.75) is 38.4 Å². The van der Waals surface area contributed by atoms with Crippen molar-refractivity contribution in [1.29, 1.82) is 0 Å². The molecule has 0 radical (unpaired) electrons. The number of methoxy groups -OCH3 is 1. The molecule has 3 rings (SSSR count). The molecule has 4 heteroatoms. The third kappa shape index (κ3) is 5.11. The number of benzene rings is 3. The Balaban J connectivity index is 1.72. The van der Waals surface area contributed by atoms with E-state index in [0.717, 1.165) is 39.6 Å². The highest BCUT2D eigenvalue weighted by molar-refractivity contribution is 5.91. The van der Waals surface area contributed by atoms with E-state index in [2.05, 4.69) is 5.73 Å². The Morgan fingerprint density at radius 1 is 0.967 bits per heavy atom. The van der Waals surface area contributed by atoms with Gasteiger partial charge in [-0.15, -0.1) is 5.73 Å². The fraction of sp³-hybridized carbons (Fsp3) is 0.269. The van der Waals surface area contributed by atoms with Crippen molar-refractivity contribution >= 4 is 10.8 Å². The van der Waals surface area contributed by atoms with E-state index in [0.29, 0.717) is 12.8 Å². The van der Waals surface area contributed by atoms with Crippen LogP contribution in [-0.4, -0.2) is 22.4 Å². The van der Waals surface area contributed by atoms with Gasteiger partial charge in [0.15, 0.2) is 0 Å². The predicted molar refractivity (Wildman–Crippen MR) is 120 cm³/mol. The number of aliphatic hydroxyl groups excluding tert-OH is 2. The molecule has 0 fully saturated rings. The quantitative estimate of drug-likeness (QED) is 0.428. The normalized spacial score (nSPS) is 12.8. The molecule has 156 valence electrons. The van der Waals surface area contributed by atoms with Gasteiger partial charge in [-0.2, -0.15) is 0 Å². The summed E-state index contributed by atoms with van der Waals surface area (Å²) in [5.41, 5.74) is 5.85. The van der Waals surface area contributed by atoms with E-state index < -0.39 is 12.2 Å². The second kappa shape index (κ2) is 10.1. The van der Waals surface area contributed by atoms with Crippen LogP contribution in [-0.2, 0) is 0 Å². The molecule has 0 heterocycles. The van der Waals surface area contributed by atoms with Crippen molar-refractivity contribution in [3.63, 3.8) is 0 Å². The van der Waals surface area contributed by atoms with Gasteiger partial charge in [-0.3, -0.25) is 0 Å². The molecule has 0 aromatic heterocycles. The van der Waals surface area contributed by atoms with Crippen LogP contribution < -0.4 is 4.74 Å². The summed E-state index contributed by atoms with van der Waals surface area (Å²) in [4.78, 5) is 0. The van der Waals surface area contributed by atoms with Crippen LogP contribution in [0, 0.1) is 0 Å². The molecule has 0 bridgehead atoms. The van der Waals surface area contributed by atoms with Gasteiger partial charge < -0.3 is 20.1 Å². The molecule has 4 nitrogen and oxygen atoms in total. The highest BCUT2D eigenvalue weighted by Gasteiger charge is 2.12. The molecule has 0 saturated carbocycles. The summed E-state index contributed by atoms with van der Waals surface area (Å²) in [5, 5.41) is 32.8. The zero-order valence-corrected chi connectivity index (χ0v) is 17.4. The highest BCUT2D eigenvalue weighted by atomic mass is 16.5. The summed E-state index contributed by atoms with van der Waals surface area (Å²) in [6, 6.07) is 18.3. The first-order chi connectivity index (χ1) is 14.5. The number of ether oxygens (including phenoxy) is 1. The van der Waals surface area contributed by atoms with Gasteiger partial charge in [-0.25, -0.2) is 0 Å². The number of hydrogen-bond donors (Lipinski definition) is 3. The van der Waals surface area contributed by atoms with E-state index in [1.165, 1.54) is 0 Å². The monoisotopic (exact) mass is 404 g/mol. The molecule has 0 spiro atoms. The van der Waals surface area contributed by atoms with Gasteiger partial charge >= 0.3 is 0 Å². The fourth-order valence-corrected chi connectivity index (χ4v) is 3.52. The van der Waals surface area contributed by atoms with Crippen molar-refractivity contribution in [1.82, 2.24) is 0 Å². The van der Waals surface area contributed by atoms with Crippen molar-refractivity contribution in [3.8, 4) is 11.5 Å². The topological polar surface area (TPSA) is 69.9 Å². The van der Waals surface area contributed by atoms with Crippen LogP contribution in [0.25, 0.3) is 10.8 Å². The van der Waals surface area contributed by atoms with Crippen molar-refractivity contribution < 1.29 is 20.1 Å². The molecular formula is C26H28O4. The molecule has 0 amide bonds. The van der Waals surface area contributed by atoms with Crippen LogP contribution in [0.3, 0.4) is 0 Å². The zero-order valence-electron chi connectivity index (χ0n) is 17.4. The number of hydrogen-bond acceptors (Lipinski definition) is 4. The Morgan fingerprint density at radius 3 is 2.33 bits per heavy atom. The minimum absolute atomic E-state index is 0.206. The third-order valence-electron chi connectivity index (χ3n) is 5.31. The second-order valence-electron chi connectivity index (χ2n) is 7.27. The molecule has 3 aromatic rings. The average molecular weight is 405 g/mol. The molecule has 0 saturated heterocycles. The van der Waals surface area contributed by atoms with Gasteiger partial charge in [0.1, 0.15) is 11.5 Å². The molecule has 0 aliphatic carbocycles. The van der Waals surface area contributed by atoms with Crippen LogP contribution in [0.5, 0.6) is 11.5 Å². The summed E-state index contributed by atoms with van der Waals surface area (Å²) in [6.07, 6.45) is 2.16. The van der Waals surface area contributed by atoms with Crippen LogP contribution in [0.1, 0.15) is 49.5 Å². The van der Waals surface area contributed by atoms with Crippen LogP contribution >= 0.6 is 0 Å². The number of fused-ring (bicyclic) bond motifs is 1. The first-order valence-electron chi connectivity index (χ1n) is 10.2. The molecular weight excluding hydrogens is 376 g/mol. The molecule has 0 unspecified atom stereocenters. The van der Waals surface area contributed by atoms with E-state index in [1.54, 1.807) is 19.2 Å². The summed E-state index contributed by atoms with van der Waals surface area (Å²) in [6.45, 7) is 2.03. The molecule has 3 aromatic carbocycles. The van der Waals surface area contributed by atoms with Gasteiger partial charge in [-0.05, 0) is 52.8 Å². The number of rotatable bonds is 8. The van der Waals surface area contributed by atoms with E-state index in [1.807, 2.05) is 61.5 Å². The number of phenols is 1. The summed E-state index contributed by atoms with van der Waals surface area (Å²) in [5.74, 6) is 0.964. The maximum absolute atomic E-state index is 10.7. The third-order valence-corrected chi connectivity index (χ3v) is 5.31. The number of phenolic OH excluding ortho intramolecular Hbond substituents is 1. The lowest BCUT2D eigenvalue weighted by molar-refractivity contribution is 0.177. The summed E-state index contributed by atoms with van der Waals surface area (Å²) in [7, 11) is 1.61. The van der Waals surface area contributed by atoms with E-state index >= 15 is 0 Å². The standard InChI is InChI=1S/C26H28O4/c1-3-18(17-26(29)19-11-13-20(30-2)14-12-19)7-6-10-24(27)23-15-16-25(28)22-9-5-4-8-21(22)23/h4-6,8-9,11-16,24,26-29H,3,10,17H2,1-2H3/t7?,24-,26-/m1/s1. The SMILES string of the molecule is CCC(=C=CC[C@@H](O)c1ccc(O)c2ccccc12)C[C@@H](O)c1ccc(OC)cc1. The second-order valence-corrected chi connectivity index (χ2v) is 7.27. The predicted octanol–water partition coefficient (Wildman–Crippen LogP) is 5.59. The van der Waals surface area contributed by atoms with E-state index in [4.69, 9.17) is 4.74 Å². The van der Waals surface area contributed by atoms with Crippen molar-refractivity contribution in [2.75, 3.05) is 7.11 Å². The Labute approximate surface area is 177 Å². The van der Waals surface area contributed by atoms with Gasteiger partial charge in [0.05, 0.1) is 19.3 Å². The van der Waals surface area contributed by atoms with Gasteiger partial charge in [0.2, 0.25) is 0 Å². The molecule has 3 N–H and O–H groups in total. The largest absolute Gasteiger partial charge is 0.507 e. The lowest BCUT2D eigenvalue weighted by Gasteiger charge is -2.13. The smallest absolute Gasteiger partial charge is 0.123 e. The molecule has 30 heavy (non-hydrogen) atoms. The number of aliphatic hydroxyl groups is 2. The minimum Gasteiger partial charge on any atom is -0.507 e. The maximum Gasteiger partial charge on any atom is 0.123 e. The molecule has 0 aliphatic rings. The van der Waals surface area contributed by atoms with Gasteiger partial charge in [0.25, 0.3) is 0 Å². The van der Waals surface area contributed by atoms with E-state index in [-0.39, 0.29) is 5.75 Å².